The molecule has 3 heterocycles. The highest BCUT2D eigenvalue weighted by atomic mass is 32.1. The molecule has 1 amide bonds. The third kappa shape index (κ3) is 4.24. The number of ether oxygens (including phenoxy) is 1. The summed E-state index contributed by atoms with van der Waals surface area (Å²) in [7, 11) is 1.56. The number of hydrogen-bond acceptors (Lipinski definition) is 7. The van der Waals surface area contributed by atoms with Gasteiger partial charge in [0.15, 0.2) is 10.8 Å². The number of nitrogens with zero attached hydrogens (tertiary/aromatic N) is 4. The minimum Gasteiger partial charge on any atom is -0.497 e. The first-order valence-corrected chi connectivity index (χ1v) is 10.4. The Morgan fingerprint density at radius 2 is 2.28 bits per heavy atom. The third-order valence-electron chi connectivity index (χ3n) is 4.97. The molecule has 1 aromatic carbocycles. The van der Waals surface area contributed by atoms with Crippen molar-refractivity contribution in [2.45, 2.75) is 26.3 Å². The van der Waals surface area contributed by atoms with Crippen LogP contribution < -0.4 is 20.5 Å². The van der Waals surface area contributed by atoms with E-state index in [0.29, 0.717) is 27.7 Å². The van der Waals surface area contributed by atoms with Crippen LogP contribution in [0.2, 0.25) is 0 Å². The number of rotatable bonds is 5. The molecule has 1 N–H and O–H groups in total. The van der Waals surface area contributed by atoms with E-state index in [1.54, 1.807) is 31.4 Å². The van der Waals surface area contributed by atoms with E-state index in [4.69, 9.17) is 4.74 Å². The van der Waals surface area contributed by atoms with Gasteiger partial charge in [-0.1, -0.05) is 24.3 Å². The Morgan fingerprint density at radius 1 is 1.41 bits per heavy atom. The summed E-state index contributed by atoms with van der Waals surface area (Å²) in [5.41, 5.74) is 0.804. The number of hydrogen-bond donors (Lipinski definition) is 1. The van der Waals surface area contributed by atoms with Crippen LogP contribution in [-0.4, -0.2) is 40.6 Å². The lowest BCUT2D eigenvalue weighted by atomic mass is 10.0. The van der Waals surface area contributed by atoms with Crippen molar-refractivity contribution >= 4 is 38.4 Å². The SMILES string of the molecule is COc1cccc(NC(=O)Cn2cnc3nc(N4CCC[C@H](C)C4)sc3c2=O)c1. The summed E-state index contributed by atoms with van der Waals surface area (Å²) in [4.78, 5) is 36.3. The molecule has 4 rings (SSSR count). The largest absolute Gasteiger partial charge is 0.497 e. The number of thiazole rings is 1. The molecule has 0 spiro atoms. The Bertz CT molecular complexity index is 1090. The van der Waals surface area contributed by atoms with Gasteiger partial charge in [-0.2, -0.15) is 4.98 Å². The standard InChI is InChI=1S/C20H23N5O3S/c1-13-5-4-8-24(10-13)20-23-18-17(29-20)19(27)25(12-21-18)11-16(26)22-14-6-3-7-15(9-14)28-2/h3,6-7,9,12-13H,4-5,8,10-11H2,1-2H3,(H,22,26)/t13-/m0/s1. The van der Waals surface area contributed by atoms with Gasteiger partial charge in [0.2, 0.25) is 5.91 Å². The van der Waals surface area contributed by atoms with Gasteiger partial charge in [-0.25, -0.2) is 4.98 Å². The quantitative estimate of drug-likeness (QED) is 0.692. The summed E-state index contributed by atoms with van der Waals surface area (Å²) < 4.78 is 6.95. The lowest BCUT2D eigenvalue weighted by Crippen LogP contribution is -2.34. The summed E-state index contributed by atoms with van der Waals surface area (Å²) in [6.07, 6.45) is 3.73. The number of piperidine rings is 1. The van der Waals surface area contributed by atoms with E-state index >= 15 is 0 Å². The van der Waals surface area contributed by atoms with Crippen LogP contribution in [0.25, 0.3) is 10.3 Å². The monoisotopic (exact) mass is 413 g/mol. The molecule has 152 valence electrons. The number of benzene rings is 1. The van der Waals surface area contributed by atoms with Crippen molar-refractivity contribution in [3.63, 3.8) is 0 Å². The summed E-state index contributed by atoms with van der Waals surface area (Å²) in [6, 6.07) is 7.06. The maximum Gasteiger partial charge on any atom is 0.273 e. The first-order valence-electron chi connectivity index (χ1n) is 9.58. The summed E-state index contributed by atoms with van der Waals surface area (Å²) in [5.74, 6) is 0.948. The first-order chi connectivity index (χ1) is 14.0. The number of carbonyl (C=O) groups excluding carboxylic acids is 1. The van der Waals surface area contributed by atoms with Crippen molar-refractivity contribution in [3.8, 4) is 5.75 Å². The Labute approximate surface area is 172 Å². The van der Waals surface area contributed by atoms with E-state index in [1.807, 2.05) is 0 Å². The molecule has 3 aromatic rings. The normalized spacial score (nSPS) is 16.8. The van der Waals surface area contributed by atoms with Crippen LogP contribution in [0.4, 0.5) is 10.8 Å². The fourth-order valence-corrected chi connectivity index (χ4v) is 4.51. The molecule has 0 saturated carbocycles. The minimum absolute atomic E-state index is 0.118. The number of anilines is 2. The topological polar surface area (TPSA) is 89.3 Å². The maximum absolute atomic E-state index is 12.9. The highest BCUT2D eigenvalue weighted by molar-refractivity contribution is 7.22. The van der Waals surface area contributed by atoms with Crippen molar-refractivity contribution in [3.05, 3.63) is 40.9 Å². The number of aromatic nitrogens is 3. The molecule has 1 atom stereocenters. The fourth-order valence-electron chi connectivity index (χ4n) is 3.50. The van der Waals surface area contributed by atoms with Gasteiger partial charge in [0.25, 0.3) is 5.56 Å². The highest BCUT2D eigenvalue weighted by Gasteiger charge is 2.21. The van der Waals surface area contributed by atoms with Gasteiger partial charge in [-0.05, 0) is 30.9 Å². The number of carbonyl (C=O) groups is 1. The smallest absolute Gasteiger partial charge is 0.273 e. The molecule has 0 aliphatic carbocycles. The first kappa shape index (κ1) is 19.4. The van der Waals surface area contributed by atoms with Gasteiger partial charge < -0.3 is 15.0 Å². The van der Waals surface area contributed by atoms with Crippen molar-refractivity contribution < 1.29 is 9.53 Å². The molecule has 29 heavy (non-hydrogen) atoms. The summed E-state index contributed by atoms with van der Waals surface area (Å²) in [6.45, 7) is 4.00. The Kier molecular flexibility index (Phi) is 5.48. The van der Waals surface area contributed by atoms with Crippen LogP contribution in [0, 0.1) is 5.92 Å². The number of fused-ring (bicyclic) bond motifs is 1. The van der Waals surface area contributed by atoms with Gasteiger partial charge in [0.05, 0.1) is 7.11 Å². The average Bonchev–Trinajstić information content (AvgIpc) is 3.15. The lowest BCUT2D eigenvalue weighted by Gasteiger charge is -2.30. The van der Waals surface area contributed by atoms with E-state index in [1.165, 1.54) is 28.7 Å². The van der Waals surface area contributed by atoms with Gasteiger partial charge in [0.1, 0.15) is 23.3 Å². The van der Waals surface area contributed by atoms with E-state index in [0.717, 1.165) is 24.6 Å². The molecule has 1 fully saturated rings. The Hall–Kier alpha value is -2.94. The van der Waals surface area contributed by atoms with Crippen molar-refractivity contribution in [1.29, 1.82) is 0 Å². The van der Waals surface area contributed by atoms with E-state index in [2.05, 4.69) is 27.1 Å². The zero-order valence-corrected chi connectivity index (χ0v) is 17.2. The summed E-state index contributed by atoms with van der Waals surface area (Å²) >= 11 is 1.35. The average molecular weight is 414 g/mol. The lowest BCUT2D eigenvalue weighted by molar-refractivity contribution is -0.116. The predicted molar refractivity (Wildman–Crippen MR) is 114 cm³/mol. The van der Waals surface area contributed by atoms with E-state index in [-0.39, 0.29) is 18.0 Å². The van der Waals surface area contributed by atoms with Crippen LogP contribution in [0.15, 0.2) is 35.4 Å². The molecule has 2 aromatic heterocycles. The van der Waals surface area contributed by atoms with E-state index < -0.39 is 0 Å². The molecule has 8 nitrogen and oxygen atoms in total. The molecule has 1 aliphatic heterocycles. The predicted octanol–water partition coefficient (Wildman–Crippen LogP) is 2.74. The van der Waals surface area contributed by atoms with Crippen LogP contribution in [0.5, 0.6) is 5.75 Å². The van der Waals surface area contributed by atoms with Gasteiger partial charge in [0, 0.05) is 24.8 Å². The number of methoxy groups -OCH3 is 1. The molecule has 0 radical (unpaired) electrons. The highest BCUT2D eigenvalue weighted by Crippen LogP contribution is 2.29. The Balaban J connectivity index is 1.52. The van der Waals surface area contributed by atoms with Crippen LogP contribution in [0.3, 0.4) is 0 Å². The maximum atomic E-state index is 12.9. The van der Waals surface area contributed by atoms with Crippen molar-refractivity contribution in [1.82, 2.24) is 14.5 Å². The van der Waals surface area contributed by atoms with E-state index in [9.17, 15) is 9.59 Å². The zero-order chi connectivity index (χ0) is 20.4. The second-order valence-electron chi connectivity index (χ2n) is 7.30. The minimum atomic E-state index is -0.309. The number of amides is 1. The second kappa shape index (κ2) is 8.20. The Morgan fingerprint density at radius 3 is 3.07 bits per heavy atom. The van der Waals surface area contributed by atoms with Gasteiger partial charge >= 0.3 is 0 Å². The van der Waals surface area contributed by atoms with Crippen molar-refractivity contribution in [2.24, 2.45) is 5.92 Å². The van der Waals surface area contributed by atoms with Gasteiger partial charge in [-0.3, -0.25) is 14.2 Å². The molecular formula is C20H23N5O3S. The van der Waals surface area contributed by atoms with Crippen LogP contribution in [0.1, 0.15) is 19.8 Å². The summed E-state index contributed by atoms with van der Waals surface area (Å²) in [5, 5.41) is 3.60. The number of nitrogens with one attached hydrogen (secondary N) is 1. The zero-order valence-electron chi connectivity index (χ0n) is 16.4. The van der Waals surface area contributed by atoms with Crippen LogP contribution in [-0.2, 0) is 11.3 Å². The second-order valence-corrected chi connectivity index (χ2v) is 8.28. The van der Waals surface area contributed by atoms with Gasteiger partial charge in [-0.15, -0.1) is 0 Å². The molecular weight excluding hydrogens is 390 g/mol. The fraction of sp³-hybridized carbons (Fsp3) is 0.400. The molecule has 1 saturated heterocycles. The molecule has 1 aliphatic rings. The molecule has 9 heteroatoms. The van der Waals surface area contributed by atoms with Crippen LogP contribution >= 0.6 is 11.3 Å². The molecule has 0 bridgehead atoms. The molecule has 0 unspecified atom stereocenters. The van der Waals surface area contributed by atoms with Crippen molar-refractivity contribution in [2.75, 3.05) is 30.4 Å². The third-order valence-corrected chi connectivity index (χ3v) is 6.06.